The van der Waals surface area contributed by atoms with Crippen molar-refractivity contribution in [2.24, 2.45) is 0 Å². The summed E-state index contributed by atoms with van der Waals surface area (Å²) >= 11 is 0. The molecule has 0 bridgehead atoms. The van der Waals surface area contributed by atoms with E-state index in [1.807, 2.05) is 0 Å². The second-order valence-corrected chi connectivity index (χ2v) is 8.32. The molecule has 2 aliphatic carbocycles. The molecular formula is C25H21F2NO2. The van der Waals surface area contributed by atoms with Crippen molar-refractivity contribution in [3.63, 3.8) is 0 Å². The molecule has 1 fully saturated rings. The summed E-state index contributed by atoms with van der Waals surface area (Å²) in [6.45, 7) is 0. The van der Waals surface area contributed by atoms with Gasteiger partial charge in [0.15, 0.2) is 11.6 Å². The summed E-state index contributed by atoms with van der Waals surface area (Å²) < 4.78 is 28.9. The minimum atomic E-state index is -0.611. The molecule has 5 rings (SSSR count). The lowest BCUT2D eigenvalue weighted by Gasteiger charge is -2.36. The van der Waals surface area contributed by atoms with Gasteiger partial charge in [0, 0.05) is 40.9 Å². The van der Waals surface area contributed by atoms with E-state index in [2.05, 4.69) is 0 Å². The molecule has 0 saturated heterocycles. The van der Waals surface area contributed by atoms with Gasteiger partial charge in [-0.2, -0.15) is 0 Å². The standard InChI is InChI=1S/C25H21F2NO2/c1-28-20-14-15(26)13-19(27)22(20)25(11-5-2-6-12-25)21(28)10-9-18-23(29)16-7-3-4-8-17(16)24(18)30/h3-4,7-10,13-14H,2,5-6,11-12H2,1H3/b21-10+. The van der Waals surface area contributed by atoms with Gasteiger partial charge in [-0.3, -0.25) is 9.59 Å². The third-order valence-corrected chi connectivity index (χ3v) is 6.75. The Morgan fingerprint density at radius 1 is 0.933 bits per heavy atom. The first-order valence-electron chi connectivity index (χ1n) is 10.3. The lowest BCUT2D eigenvalue weighted by molar-refractivity contribution is 0.0988. The summed E-state index contributed by atoms with van der Waals surface area (Å²) in [5, 5.41) is 0. The van der Waals surface area contributed by atoms with Crippen molar-refractivity contribution in [2.75, 3.05) is 11.9 Å². The van der Waals surface area contributed by atoms with Crippen LogP contribution in [0, 0.1) is 11.6 Å². The molecule has 0 aromatic heterocycles. The highest BCUT2D eigenvalue weighted by Crippen LogP contribution is 2.55. The van der Waals surface area contributed by atoms with Crippen LogP contribution in [-0.2, 0) is 5.41 Å². The molecule has 5 heteroatoms. The number of carbonyl (C=O) groups is 2. The maximum absolute atomic E-state index is 15.0. The van der Waals surface area contributed by atoms with Crippen LogP contribution in [0.25, 0.3) is 0 Å². The molecule has 0 unspecified atom stereocenters. The summed E-state index contributed by atoms with van der Waals surface area (Å²) in [5.41, 5.74) is 2.24. The molecule has 3 nitrogen and oxygen atoms in total. The Morgan fingerprint density at radius 2 is 1.57 bits per heavy atom. The first-order valence-corrected chi connectivity index (χ1v) is 10.3. The van der Waals surface area contributed by atoms with Crippen LogP contribution in [0.1, 0.15) is 58.4 Å². The van der Waals surface area contributed by atoms with Gasteiger partial charge in [0.05, 0.1) is 11.3 Å². The van der Waals surface area contributed by atoms with Crippen molar-refractivity contribution in [1.29, 1.82) is 0 Å². The molecule has 1 saturated carbocycles. The van der Waals surface area contributed by atoms with Crippen LogP contribution >= 0.6 is 0 Å². The predicted molar refractivity (Wildman–Crippen MR) is 111 cm³/mol. The highest BCUT2D eigenvalue weighted by Gasteiger charge is 2.48. The Bertz CT molecular complexity index is 1120. The van der Waals surface area contributed by atoms with Crippen molar-refractivity contribution in [3.8, 4) is 0 Å². The van der Waals surface area contributed by atoms with Crippen LogP contribution in [-0.4, -0.2) is 18.6 Å². The van der Waals surface area contributed by atoms with E-state index in [9.17, 15) is 18.4 Å². The zero-order valence-electron chi connectivity index (χ0n) is 16.7. The quantitative estimate of drug-likeness (QED) is 0.464. The van der Waals surface area contributed by atoms with E-state index >= 15 is 0 Å². The van der Waals surface area contributed by atoms with Crippen LogP contribution in [0.5, 0.6) is 0 Å². The number of Topliss-reactive ketones (excluding diaryl/α,β-unsaturated/α-hetero) is 2. The van der Waals surface area contributed by atoms with Crippen LogP contribution in [0.2, 0.25) is 0 Å². The zero-order chi connectivity index (χ0) is 21.0. The smallest absolute Gasteiger partial charge is 0.197 e. The van der Waals surface area contributed by atoms with Gasteiger partial charge in [-0.05, 0) is 31.1 Å². The van der Waals surface area contributed by atoms with Gasteiger partial charge in [-0.15, -0.1) is 0 Å². The summed E-state index contributed by atoms with van der Waals surface area (Å²) in [5.74, 6) is -1.73. The third-order valence-electron chi connectivity index (χ3n) is 6.75. The number of carbonyl (C=O) groups excluding carboxylic acids is 2. The van der Waals surface area contributed by atoms with E-state index in [0.29, 0.717) is 22.4 Å². The van der Waals surface area contributed by atoms with Gasteiger partial charge in [0.25, 0.3) is 0 Å². The van der Waals surface area contributed by atoms with Gasteiger partial charge < -0.3 is 4.90 Å². The lowest BCUT2D eigenvalue weighted by atomic mass is 9.68. The molecule has 2 aromatic carbocycles. The average molecular weight is 405 g/mol. The van der Waals surface area contributed by atoms with Crippen molar-refractivity contribution in [3.05, 3.63) is 88.1 Å². The molecule has 152 valence electrons. The van der Waals surface area contributed by atoms with Crippen LogP contribution in [0.4, 0.5) is 14.5 Å². The molecule has 1 aliphatic heterocycles. The van der Waals surface area contributed by atoms with Crippen molar-refractivity contribution in [2.45, 2.75) is 37.5 Å². The summed E-state index contributed by atoms with van der Waals surface area (Å²) in [6, 6.07) is 9.10. The minimum absolute atomic E-state index is 0.116. The van der Waals surface area contributed by atoms with Crippen molar-refractivity contribution in [1.82, 2.24) is 0 Å². The molecule has 3 aliphatic rings. The first kappa shape index (κ1) is 18.9. The lowest BCUT2D eigenvalue weighted by Crippen LogP contribution is -2.32. The number of anilines is 1. The number of ketones is 2. The van der Waals surface area contributed by atoms with E-state index in [0.717, 1.165) is 43.9 Å². The zero-order valence-corrected chi connectivity index (χ0v) is 16.7. The van der Waals surface area contributed by atoms with E-state index in [1.54, 1.807) is 48.4 Å². The highest BCUT2D eigenvalue weighted by molar-refractivity contribution is 6.39. The largest absolute Gasteiger partial charge is 0.347 e. The maximum atomic E-state index is 15.0. The fraction of sp³-hybridized carbons (Fsp3) is 0.280. The van der Waals surface area contributed by atoms with Crippen LogP contribution in [0.15, 0.2) is 59.8 Å². The minimum Gasteiger partial charge on any atom is -0.347 e. The molecule has 0 amide bonds. The van der Waals surface area contributed by atoms with Gasteiger partial charge in [0.1, 0.15) is 11.6 Å². The number of benzene rings is 2. The molecule has 2 aromatic rings. The van der Waals surface area contributed by atoms with Gasteiger partial charge in [-0.1, -0.05) is 43.5 Å². The maximum Gasteiger partial charge on any atom is 0.197 e. The Balaban J connectivity index is 1.64. The Kier molecular flexibility index (Phi) is 4.24. The number of hydrogen-bond donors (Lipinski definition) is 0. The van der Waals surface area contributed by atoms with E-state index in [-0.39, 0.29) is 17.1 Å². The van der Waals surface area contributed by atoms with Gasteiger partial charge in [0.2, 0.25) is 0 Å². The molecule has 1 spiro atoms. The van der Waals surface area contributed by atoms with Crippen LogP contribution in [0.3, 0.4) is 0 Å². The number of nitrogens with zero attached hydrogens (tertiary/aromatic N) is 1. The fourth-order valence-electron chi connectivity index (χ4n) is 5.40. The number of allylic oxidation sites excluding steroid dienone is 4. The number of rotatable bonds is 1. The molecule has 0 atom stereocenters. The highest BCUT2D eigenvalue weighted by atomic mass is 19.1. The van der Waals surface area contributed by atoms with Crippen LogP contribution < -0.4 is 4.90 Å². The second kappa shape index (κ2) is 6.73. The second-order valence-electron chi connectivity index (χ2n) is 8.32. The fourth-order valence-corrected chi connectivity index (χ4v) is 5.40. The molecule has 30 heavy (non-hydrogen) atoms. The Labute approximate surface area is 173 Å². The van der Waals surface area contributed by atoms with E-state index in [4.69, 9.17) is 0 Å². The topological polar surface area (TPSA) is 37.4 Å². The third kappa shape index (κ3) is 2.54. The molecule has 0 N–H and O–H groups in total. The van der Waals surface area contributed by atoms with E-state index < -0.39 is 17.0 Å². The van der Waals surface area contributed by atoms with Gasteiger partial charge >= 0.3 is 0 Å². The summed E-state index contributed by atoms with van der Waals surface area (Å²) in [6.07, 6.45) is 7.80. The number of halogens is 2. The number of hydrogen-bond acceptors (Lipinski definition) is 3. The SMILES string of the molecule is CN1/C(=C/C=C2C(=O)c3ccccc3C2=O)C2(CCCCC2)c2c(F)cc(F)cc21. The Hall–Kier alpha value is -3.08. The summed E-state index contributed by atoms with van der Waals surface area (Å²) in [4.78, 5) is 27.3. The number of fused-ring (bicyclic) bond motifs is 3. The predicted octanol–water partition coefficient (Wildman–Crippen LogP) is 5.51. The first-order chi connectivity index (χ1) is 14.4. The van der Waals surface area contributed by atoms with Crippen molar-refractivity contribution >= 4 is 17.3 Å². The molecular weight excluding hydrogens is 384 g/mol. The monoisotopic (exact) mass is 405 g/mol. The van der Waals surface area contributed by atoms with Crippen molar-refractivity contribution < 1.29 is 18.4 Å². The summed E-state index contributed by atoms with van der Waals surface area (Å²) in [7, 11) is 1.79. The molecule has 1 heterocycles. The average Bonchev–Trinajstić information content (AvgIpc) is 3.10. The Morgan fingerprint density at radius 3 is 2.20 bits per heavy atom. The molecule has 0 radical (unpaired) electrons. The normalized spacial score (nSPS) is 20.8. The van der Waals surface area contributed by atoms with E-state index in [1.165, 1.54) is 6.07 Å². The van der Waals surface area contributed by atoms with Gasteiger partial charge in [-0.25, -0.2) is 8.78 Å². The number of likely N-dealkylation sites (N-methyl/N-ethyl adjacent to an activating group) is 1.